The first kappa shape index (κ1) is 12.2. The fourth-order valence-electron chi connectivity index (χ4n) is 2.87. The molecule has 0 spiro atoms. The number of carbonyl (C=O) groups excluding carboxylic acids is 2. The number of hydrogen-bond acceptors (Lipinski definition) is 4. The predicted octanol–water partition coefficient (Wildman–Crippen LogP) is 2.00. The van der Waals surface area contributed by atoms with Crippen molar-refractivity contribution in [3.8, 4) is 0 Å². The number of benzene rings is 1. The number of esters is 2. The molecule has 1 aromatic rings. The van der Waals surface area contributed by atoms with Gasteiger partial charge in [-0.25, -0.2) is 4.79 Å². The van der Waals surface area contributed by atoms with E-state index in [1.165, 1.54) is 0 Å². The first-order valence-corrected chi connectivity index (χ1v) is 6.44. The summed E-state index contributed by atoms with van der Waals surface area (Å²) in [7, 11) is 0. The maximum atomic E-state index is 12.0. The van der Waals surface area contributed by atoms with Crippen LogP contribution in [-0.4, -0.2) is 24.1 Å². The monoisotopic (exact) mass is 259 g/mol. The highest BCUT2D eigenvalue weighted by atomic mass is 16.6. The zero-order valence-corrected chi connectivity index (χ0v) is 10.5. The van der Waals surface area contributed by atoms with Crippen molar-refractivity contribution in [1.82, 2.24) is 0 Å². The Balaban J connectivity index is 1.66. The Morgan fingerprint density at radius 1 is 1.32 bits per heavy atom. The second-order valence-electron chi connectivity index (χ2n) is 5.11. The van der Waals surface area contributed by atoms with Crippen molar-refractivity contribution in [2.24, 2.45) is 11.8 Å². The molecule has 0 aromatic heterocycles. The van der Waals surface area contributed by atoms with E-state index in [1.54, 1.807) is 24.3 Å². The van der Waals surface area contributed by atoms with Crippen molar-refractivity contribution in [2.45, 2.75) is 25.0 Å². The van der Waals surface area contributed by atoms with E-state index in [0.717, 1.165) is 0 Å². The average Bonchev–Trinajstić information content (AvgIpc) is 2.90. The maximum Gasteiger partial charge on any atom is 0.338 e. The largest absolute Gasteiger partial charge is 0.462 e. The summed E-state index contributed by atoms with van der Waals surface area (Å²) in [6.45, 7) is 4.03. The lowest BCUT2D eigenvalue weighted by atomic mass is 9.94. The van der Waals surface area contributed by atoms with E-state index >= 15 is 0 Å². The van der Waals surface area contributed by atoms with Crippen molar-refractivity contribution >= 4 is 11.9 Å². The predicted molar refractivity (Wildman–Crippen MR) is 67.1 cm³/mol. The van der Waals surface area contributed by atoms with Crippen LogP contribution in [0.4, 0.5) is 0 Å². The molecule has 0 N–H and O–H groups in total. The molecule has 1 saturated heterocycles. The van der Waals surface area contributed by atoms with E-state index < -0.39 is 0 Å². The third-order valence-corrected chi connectivity index (χ3v) is 3.92. The minimum Gasteiger partial charge on any atom is -0.462 e. The zero-order valence-electron chi connectivity index (χ0n) is 10.5. The minimum absolute atomic E-state index is 0.0795. The quantitative estimate of drug-likeness (QED) is 0.762. The molecule has 3 rings (SSSR count). The molecule has 1 heterocycles. The molecule has 1 aromatic carbocycles. The Hall–Kier alpha value is -1.84. The van der Waals surface area contributed by atoms with E-state index in [0.29, 0.717) is 18.4 Å². The molecule has 99 valence electrons. The van der Waals surface area contributed by atoms with Gasteiger partial charge in [-0.2, -0.15) is 0 Å². The maximum absolute atomic E-state index is 12.0. The van der Waals surface area contributed by atoms with Gasteiger partial charge in [0.25, 0.3) is 0 Å². The number of fused-ring (bicyclic) bond motifs is 1. The third-order valence-electron chi connectivity index (χ3n) is 3.92. The highest BCUT2D eigenvalue weighted by Gasteiger charge is 2.49. The van der Waals surface area contributed by atoms with Crippen LogP contribution in [0.5, 0.6) is 0 Å². The Kier molecular flexibility index (Phi) is 3.01. The summed E-state index contributed by atoms with van der Waals surface area (Å²) in [6.07, 6.45) is 0.542. The molecular weight excluding hydrogens is 244 g/mol. The summed E-state index contributed by atoms with van der Waals surface area (Å²) in [4.78, 5) is 23.2. The lowest BCUT2D eigenvalue weighted by molar-refractivity contribution is -0.141. The van der Waals surface area contributed by atoms with Crippen LogP contribution in [0, 0.1) is 18.8 Å². The van der Waals surface area contributed by atoms with Crippen molar-refractivity contribution in [2.75, 3.05) is 0 Å². The van der Waals surface area contributed by atoms with Gasteiger partial charge in [-0.3, -0.25) is 4.79 Å². The summed E-state index contributed by atoms with van der Waals surface area (Å²) in [5.74, 6) is -0.507. The number of hydrogen-bond donors (Lipinski definition) is 0. The van der Waals surface area contributed by atoms with Crippen LogP contribution in [0.1, 0.15) is 23.2 Å². The number of carbonyl (C=O) groups is 2. The summed E-state index contributed by atoms with van der Waals surface area (Å²) in [6, 6.07) is 8.87. The number of ether oxygens (including phenoxy) is 2. The van der Waals surface area contributed by atoms with Gasteiger partial charge in [-0.05, 0) is 19.1 Å². The van der Waals surface area contributed by atoms with Crippen molar-refractivity contribution in [3.05, 3.63) is 42.8 Å². The van der Waals surface area contributed by atoms with Crippen molar-refractivity contribution in [1.29, 1.82) is 0 Å². The van der Waals surface area contributed by atoms with E-state index in [-0.39, 0.29) is 36.0 Å². The van der Waals surface area contributed by atoms with E-state index in [9.17, 15) is 9.59 Å². The fraction of sp³-hybridized carbons (Fsp3) is 0.400. The molecule has 1 radical (unpaired) electrons. The molecule has 4 heteroatoms. The first-order chi connectivity index (χ1) is 9.15. The second-order valence-corrected chi connectivity index (χ2v) is 5.11. The summed E-state index contributed by atoms with van der Waals surface area (Å²) in [5.41, 5.74) is 0.531. The highest BCUT2D eigenvalue weighted by Crippen LogP contribution is 2.42. The van der Waals surface area contributed by atoms with Crippen LogP contribution in [0.3, 0.4) is 0 Å². The summed E-state index contributed by atoms with van der Waals surface area (Å²) >= 11 is 0. The Morgan fingerprint density at radius 2 is 2.05 bits per heavy atom. The fourth-order valence-corrected chi connectivity index (χ4v) is 2.87. The summed E-state index contributed by atoms with van der Waals surface area (Å²) in [5, 5.41) is 0. The van der Waals surface area contributed by atoms with Gasteiger partial charge in [0.05, 0.1) is 12.0 Å². The summed E-state index contributed by atoms with van der Waals surface area (Å²) < 4.78 is 10.7. The second kappa shape index (κ2) is 4.68. The SMILES string of the molecule is [CH2][C@H]1[C@H]2CC(=O)O[C@H]2C[C@H]1OC(=O)c1ccccc1. The van der Waals surface area contributed by atoms with Gasteiger partial charge in [0.2, 0.25) is 0 Å². The van der Waals surface area contributed by atoms with Gasteiger partial charge in [0.1, 0.15) is 12.2 Å². The molecular formula is C15H15O4. The van der Waals surface area contributed by atoms with Crippen LogP contribution in [0.15, 0.2) is 30.3 Å². The van der Waals surface area contributed by atoms with Gasteiger partial charge in [-0.1, -0.05) is 18.2 Å². The lowest BCUT2D eigenvalue weighted by Crippen LogP contribution is -2.24. The van der Waals surface area contributed by atoms with Crippen LogP contribution in [0.2, 0.25) is 0 Å². The first-order valence-electron chi connectivity index (χ1n) is 6.44. The standard InChI is InChI=1S/C15H15O4/c1-9-11-7-14(16)18-13(11)8-12(9)19-15(17)10-5-3-2-4-6-10/h2-6,9,11-13H,1,7-8H2/t9-,11+,12+,13-/m0/s1. The molecule has 1 aliphatic carbocycles. The van der Waals surface area contributed by atoms with Crippen molar-refractivity contribution < 1.29 is 19.1 Å². The molecule has 0 bridgehead atoms. The Labute approximate surface area is 111 Å². The smallest absolute Gasteiger partial charge is 0.338 e. The molecule has 0 unspecified atom stereocenters. The molecule has 2 fully saturated rings. The van der Waals surface area contributed by atoms with Gasteiger partial charge < -0.3 is 9.47 Å². The van der Waals surface area contributed by atoms with E-state index in [1.807, 2.05) is 6.07 Å². The molecule has 1 saturated carbocycles. The zero-order chi connectivity index (χ0) is 13.4. The highest BCUT2D eigenvalue weighted by molar-refractivity contribution is 5.89. The normalized spacial score (nSPS) is 32.8. The van der Waals surface area contributed by atoms with Crippen LogP contribution in [0.25, 0.3) is 0 Å². The molecule has 4 atom stereocenters. The van der Waals surface area contributed by atoms with Gasteiger partial charge >= 0.3 is 11.9 Å². The van der Waals surface area contributed by atoms with Gasteiger partial charge in [0, 0.05) is 18.3 Å². The van der Waals surface area contributed by atoms with E-state index in [4.69, 9.17) is 9.47 Å². The Morgan fingerprint density at radius 3 is 2.74 bits per heavy atom. The Bertz CT molecular complexity index is 496. The van der Waals surface area contributed by atoms with Crippen LogP contribution < -0.4 is 0 Å². The third kappa shape index (κ3) is 2.23. The molecule has 1 aliphatic heterocycles. The topological polar surface area (TPSA) is 52.6 Å². The van der Waals surface area contributed by atoms with Crippen molar-refractivity contribution in [3.63, 3.8) is 0 Å². The van der Waals surface area contributed by atoms with E-state index in [2.05, 4.69) is 6.92 Å². The molecule has 4 nitrogen and oxygen atoms in total. The molecule has 0 amide bonds. The molecule has 19 heavy (non-hydrogen) atoms. The van der Waals surface area contributed by atoms with Gasteiger partial charge in [-0.15, -0.1) is 0 Å². The van der Waals surface area contributed by atoms with Crippen LogP contribution >= 0.6 is 0 Å². The average molecular weight is 259 g/mol. The molecule has 2 aliphatic rings. The lowest BCUT2D eigenvalue weighted by Gasteiger charge is -2.18. The van der Waals surface area contributed by atoms with Crippen LogP contribution in [-0.2, 0) is 14.3 Å². The van der Waals surface area contributed by atoms with Gasteiger partial charge in [0.15, 0.2) is 0 Å². The minimum atomic E-state index is -0.342. The number of rotatable bonds is 2.